The van der Waals surface area contributed by atoms with E-state index in [4.69, 9.17) is 9.98 Å². The predicted octanol–water partition coefficient (Wildman–Crippen LogP) is 8.15. The minimum atomic E-state index is -0.737. The highest BCUT2D eigenvalue weighted by Crippen LogP contribution is 2.50. The Balaban J connectivity index is 0.909. The first kappa shape index (κ1) is 40.4. The third kappa shape index (κ3) is 7.42. The van der Waals surface area contributed by atoms with Crippen LogP contribution in [0.4, 0.5) is 0 Å². The van der Waals surface area contributed by atoms with Gasteiger partial charge >= 0.3 is 0 Å². The van der Waals surface area contributed by atoms with Crippen LogP contribution in [0.2, 0.25) is 0 Å². The second-order valence-corrected chi connectivity index (χ2v) is 19.4. The Bertz CT molecular complexity index is 2670. The molecule has 2 fully saturated rings. The number of allylic oxidation sites excluding steroid dienone is 1. The van der Waals surface area contributed by atoms with Crippen molar-refractivity contribution in [3.63, 3.8) is 0 Å². The normalized spacial score (nSPS) is 19.0. The molecule has 4 N–H and O–H groups in total. The molecule has 0 saturated carbocycles. The van der Waals surface area contributed by atoms with Gasteiger partial charge in [-0.1, -0.05) is 44.2 Å². The zero-order chi connectivity index (χ0) is 41.7. The van der Waals surface area contributed by atoms with Crippen molar-refractivity contribution in [3.8, 4) is 22.4 Å². The third-order valence-electron chi connectivity index (χ3n) is 11.7. The van der Waals surface area contributed by atoms with Crippen molar-refractivity contribution < 1.29 is 24.3 Å². The Morgan fingerprint density at radius 3 is 2.07 bits per heavy atom. The largest absolute Gasteiger partial charge is 0.387 e. The van der Waals surface area contributed by atoms with E-state index in [-0.39, 0.29) is 35.7 Å². The fourth-order valence-electron chi connectivity index (χ4n) is 8.79. The zero-order valence-corrected chi connectivity index (χ0v) is 36.7. The van der Waals surface area contributed by atoms with Gasteiger partial charge in [0.15, 0.2) is 0 Å². The van der Waals surface area contributed by atoms with Crippen LogP contribution < -0.4 is 10.6 Å². The second kappa shape index (κ2) is 16.8. The molecule has 1 unspecified atom stereocenters. The number of hydrogen-bond acceptors (Lipinski definition) is 11. The third-order valence-corrected chi connectivity index (χ3v) is 16.1. The number of hydrogen-bond donors (Lipinski definition) is 4. The fourth-order valence-corrected chi connectivity index (χ4v) is 13.7. The van der Waals surface area contributed by atoms with Gasteiger partial charge in [0, 0.05) is 82.1 Å². The molecule has 1 aromatic carbocycles. The van der Waals surface area contributed by atoms with Crippen LogP contribution in [-0.4, -0.2) is 86.0 Å². The number of aromatic amines is 1. The van der Waals surface area contributed by atoms with Gasteiger partial charge in [-0.3, -0.25) is 24.2 Å². The number of imidazole rings is 1. The summed E-state index contributed by atoms with van der Waals surface area (Å²) < 4.78 is 4.91. The molecular weight excluding hydrogens is 835 g/mol. The standard InChI is InChI=1S/C44H45N7O5S4/c1-23(2)36(49-35(54)18-52)43(55)51-14-8-12-34(51)42-46-17-32(48-42)30-22-60-40-29(21-59-41(30)40)28-20-58-38-27(19-57-39(28)38)26-15-31(45-16-26)33-11-7-13-50(33)44(56)37(47-24(3)53)25-9-5-4-6-10-25/h4-6,9-10,16-17,19-23,33-34,36-37,52H,7-8,11-15,18H2,1-3H3,(H,46,48)(H,47,53)(H,49,54)/t33?,34-,36-,37+/m0/s1. The van der Waals surface area contributed by atoms with Gasteiger partial charge in [0.1, 0.15) is 24.5 Å². The van der Waals surface area contributed by atoms with Crippen LogP contribution in [0, 0.1) is 5.92 Å². The number of nitrogens with one attached hydrogen (secondary N) is 3. The summed E-state index contributed by atoms with van der Waals surface area (Å²) in [4.78, 5) is 68.8. The predicted molar refractivity (Wildman–Crippen MR) is 241 cm³/mol. The highest BCUT2D eigenvalue weighted by molar-refractivity contribution is 7.29. The van der Waals surface area contributed by atoms with Crippen molar-refractivity contribution in [2.75, 3.05) is 19.7 Å². The maximum Gasteiger partial charge on any atom is 0.250 e. The van der Waals surface area contributed by atoms with Crippen LogP contribution in [0.25, 0.3) is 46.8 Å². The number of H-pyrrole nitrogens is 1. The summed E-state index contributed by atoms with van der Waals surface area (Å²) in [6.45, 7) is 5.77. The van der Waals surface area contributed by atoms with Crippen LogP contribution >= 0.6 is 45.3 Å². The van der Waals surface area contributed by atoms with Gasteiger partial charge < -0.3 is 30.5 Å². The fraction of sp³-hybridized carbons (Fsp3) is 0.364. The molecule has 0 bridgehead atoms. The van der Waals surface area contributed by atoms with E-state index in [2.05, 4.69) is 37.1 Å². The lowest BCUT2D eigenvalue weighted by Gasteiger charge is -2.30. The van der Waals surface area contributed by atoms with Gasteiger partial charge in [-0.15, -0.1) is 45.3 Å². The molecule has 16 heteroatoms. The first-order valence-corrected chi connectivity index (χ1v) is 23.7. The molecule has 0 aliphatic carbocycles. The van der Waals surface area contributed by atoms with Crippen LogP contribution in [0.3, 0.4) is 0 Å². The maximum absolute atomic E-state index is 14.0. The lowest BCUT2D eigenvalue weighted by Crippen LogP contribution is -2.51. The molecule has 60 heavy (non-hydrogen) atoms. The topological polar surface area (TPSA) is 160 Å². The highest BCUT2D eigenvalue weighted by atomic mass is 32.1. The van der Waals surface area contributed by atoms with E-state index in [1.54, 1.807) is 45.3 Å². The van der Waals surface area contributed by atoms with Gasteiger partial charge in [0.2, 0.25) is 23.6 Å². The van der Waals surface area contributed by atoms with Crippen molar-refractivity contribution in [2.24, 2.45) is 10.9 Å². The molecule has 9 rings (SSSR count). The lowest BCUT2D eigenvalue weighted by molar-refractivity contribution is -0.139. The molecule has 5 aromatic heterocycles. The number of rotatable bonds is 12. The minimum absolute atomic E-state index is 0.0990. The number of amides is 4. The molecule has 3 aliphatic rings. The number of nitrogens with zero attached hydrogens (tertiary/aromatic N) is 4. The monoisotopic (exact) mass is 879 g/mol. The Morgan fingerprint density at radius 2 is 1.42 bits per heavy atom. The number of aliphatic hydroxyl groups excluding tert-OH is 1. The Labute approximate surface area is 363 Å². The van der Waals surface area contributed by atoms with Crippen LogP contribution in [-0.2, 0) is 19.2 Å². The SMILES string of the molecule is CC(=O)N[C@@H](C(=O)N1CCCC1C1=NC=C(c2csc3c(-c4csc5c(-c6cnc([C@@H]7CCCN7C(=O)[C@@H](NC(=O)CO)C(C)C)[nH]6)csc45)csc23)C1)c1ccccc1. The summed E-state index contributed by atoms with van der Waals surface area (Å²) in [5, 5.41) is 23.8. The van der Waals surface area contributed by atoms with Crippen LogP contribution in [0.15, 0.2) is 69.2 Å². The summed E-state index contributed by atoms with van der Waals surface area (Å²) in [5.74, 6) is -0.463. The summed E-state index contributed by atoms with van der Waals surface area (Å²) in [6.07, 6.45) is 7.85. The van der Waals surface area contributed by atoms with Crippen LogP contribution in [0.1, 0.15) is 81.9 Å². The number of fused-ring (bicyclic) bond motifs is 2. The first-order chi connectivity index (χ1) is 29.1. The molecule has 3 aliphatic heterocycles. The quantitative estimate of drug-likeness (QED) is 0.0972. The molecule has 310 valence electrons. The summed E-state index contributed by atoms with van der Waals surface area (Å²) in [7, 11) is 0. The number of likely N-dealkylation sites (tertiary alicyclic amines) is 2. The van der Waals surface area contributed by atoms with Crippen molar-refractivity contribution in [2.45, 2.75) is 77.0 Å². The maximum atomic E-state index is 14.0. The molecule has 0 spiro atoms. The Hall–Kier alpha value is -5.00. The molecule has 6 aromatic rings. The number of aliphatic hydroxyl groups is 1. The smallest absolute Gasteiger partial charge is 0.250 e. The summed E-state index contributed by atoms with van der Waals surface area (Å²) in [6, 6.07) is 7.64. The van der Waals surface area contributed by atoms with E-state index in [0.717, 1.165) is 59.6 Å². The van der Waals surface area contributed by atoms with Crippen molar-refractivity contribution >= 4 is 99.1 Å². The van der Waals surface area contributed by atoms with Gasteiger partial charge in [-0.25, -0.2) is 4.98 Å². The molecule has 2 saturated heterocycles. The van der Waals surface area contributed by atoms with E-state index in [0.29, 0.717) is 19.5 Å². The van der Waals surface area contributed by atoms with Gasteiger partial charge in [-0.2, -0.15) is 0 Å². The van der Waals surface area contributed by atoms with Gasteiger partial charge in [-0.05, 0) is 42.7 Å². The number of aromatic nitrogens is 2. The molecule has 4 amide bonds. The average molecular weight is 880 g/mol. The molecular formula is C44H45N7O5S4. The van der Waals surface area contributed by atoms with E-state index in [9.17, 15) is 24.3 Å². The number of carbonyl (C=O) groups is 4. The summed E-state index contributed by atoms with van der Waals surface area (Å²) >= 11 is 6.96. The number of benzene rings is 1. The highest BCUT2D eigenvalue weighted by Gasteiger charge is 2.39. The van der Waals surface area contributed by atoms with Crippen LogP contribution in [0.5, 0.6) is 0 Å². The average Bonchev–Trinajstić information content (AvgIpc) is 4.08. The molecule has 8 heterocycles. The van der Waals surface area contributed by atoms with Crippen molar-refractivity contribution in [1.82, 2.24) is 30.4 Å². The first-order valence-electron chi connectivity index (χ1n) is 20.2. The molecule has 4 atom stereocenters. The van der Waals surface area contributed by atoms with E-state index in [1.807, 2.05) is 66.4 Å². The van der Waals surface area contributed by atoms with E-state index < -0.39 is 24.6 Å². The van der Waals surface area contributed by atoms with Crippen molar-refractivity contribution in [3.05, 3.63) is 81.2 Å². The zero-order valence-electron chi connectivity index (χ0n) is 33.4. The number of thiophene rings is 4. The molecule has 0 radical (unpaired) electrons. The Kier molecular flexibility index (Phi) is 11.3. The number of carbonyl (C=O) groups excluding carboxylic acids is 4. The van der Waals surface area contributed by atoms with E-state index >= 15 is 0 Å². The van der Waals surface area contributed by atoms with Crippen molar-refractivity contribution in [1.29, 1.82) is 0 Å². The minimum Gasteiger partial charge on any atom is -0.387 e. The summed E-state index contributed by atoms with van der Waals surface area (Å²) in [5.41, 5.74) is 8.55. The molecule has 12 nitrogen and oxygen atoms in total. The van der Waals surface area contributed by atoms with Gasteiger partial charge in [0.25, 0.3) is 0 Å². The van der Waals surface area contributed by atoms with Gasteiger partial charge in [0.05, 0.1) is 42.8 Å². The number of aliphatic imine (C=N–C) groups is 1. The Morgan fingerprint density at radius 1 is 0.817 bits per heavy atom. The van der Waals surface area contributed by atoms with E-state index in [1.165, 1.54) is 42.4 Å². The second-order valence-electron chi connectivity index (χ2n) is 15.9. The lowest BCUT2D eigenvalue weighted by atomic mass is 9.99.